The Kier molecular flexibility index (Phi) is 11.8. The van der Waals surface area contributed by atoms with Crippen LogP contribution in [0.4, 0.5) is 0 Å². The summed E-state index contributed by atoms with van der Waals surface area (Å²) in [4.78, 5) is 23.2. The summed E-state index contributed by atoms with van der Waals surface area (Å²) in [6.45, 7) is 12.0. The highest BCUT2D eigenvalue weighted by Crippen LogP contribution is 2.06. The van der Waals surface area contributed by atoms with Crippen molar-refractivity contribution in [3.63, 3.8) is 0 Å². The Labute approximate surface area is 146 Å². The second-order valence-corrected chi connectivity index (χ2v) is 6.80. The zero-order valence-electron chi connectivity index (χ0n) is 16.1. The second kappa shape index (κ2) is 12.7. The third kappa shape index (κ3) is 11.8. The normalized spacial score (nSPS) is 12.7. The summed E-state index contributed by atoms with van der Waals surface area (Å²) in [5.41, 5.74) is 7.00. The van der Waals surface area contributed by atoms with E-state index in [1.54, 1.807) is 0 Å². The molecule has 0 aromatic rings. The Balaban J connectivity index is 3.70. The molecule has 24 heavy (non-hydrogen) atoms. The molecule has 6 heteroatoms. The fourth-order valence-electron chi connectivity index (χ4n) is 1.60. The van der Waals surface area contributed by atoms with Crippen molar-refractivity contribution in [3.05, 3.63) is 0 Å². The Morgan fingerprint density at radius 3 is 1.33 bits per heavy atom. The number of nitrogens with one attached hydrogen (secondary N) is 2. The van der Waals surface area contributed by atoms with Crippen LogP contribution in [0.25, 0.3) is 0 Å². The zero-order valence-corrected chi connectivity index (χ0v) is 16.1. The van der Waals surface area contributed by atoms with E-state index in [2.05, 4.69) is 21.1 Å². The number of carbonyl (C=O) groups excluding carboxylic acids is 2. The minimum Gasteiger partial charge on any atom is -0.273 e. The molecule has 6 nitrogen and oxygen atoms in total. The van der Waals surface area contributed by atoms with Crippen LogP contribution < -0.4 is 10.9 Å². The summed E-state index contributed by atoms with van der Waals surface area (Å²) in [5, 5.41) is 8.12. The molecule has 0 aromatic heterocycles. The van der Waals surface area contributed by atoms with Crippen LogP contribution in [0.1, 0.15) is 80.1 Å². The monoisotopic (exact) mass is 338 g/mol. The van der Waals surface area contributed by atoms with Gasteiger partial charge in [-0.2, -0.15) is 10.2 Å². The first-order valence-corrected chi connectivity index (χ1v) is 8.90. The predicted molar refractivity (Wildman–Crippen MR) is 99.9 cm³/mol. The standard InChI is InChI=1S/C18H34N4O2/c1-13(2)15(5)19-21-17(23)11-9-7-8-10-12-18(24)22-20-16(6)14(3)4/h13-14H,7-12H2,1-6H3,(H,21,23)(H,22,24)/b19-15-,20-16-. The van der Waals surface area contributed by atoms with E-state index in [9.17, 15) is 9.59 Å². The van der Waals surface area contributed by atoms with Crippen molar-refractivity contribution in [2.75, 3.05) is 0 Å². The van der Waals surface area contributed by atoms with E-state index in [1.165, 1.54) is 0 Å². The van der Waals surface area contributed by atoms with Gasteiger partial charge in [0, 0.05) is 24.3 Å². The number of hydrogen-bond acceptors (Lipinski definition) is 4. The molecule has 0 fully saturated rings. The van der Waals surface area contributed by atoms with Crippen LogP contribution in [0, 0.1) is 11.8 Å². The lowest BCUT2D eigenvalue weighted by Gasteiger charge is -2.06. The molecular weight excluding hydrogens is 304 g/mol. The average molecular weight is 338 g/mol. The molecule has 2 N–H and O–H groups in total. The molecule has 0 unspecified atom stereocenters. The molecule has 0 aromatic carbocycles. The molecule has 0 aliphatic rings. The molecule has 0 rings (SSSR count). The average Bonchev–Trinajstić information content (AvgIpc) is 2.52. The molecule has 0 saturated heterocycles. The van der Waals surface area contributed by atoms with E-state index in [0.717, 1.165) is 37.1 Å². The van der Waals surface area contributed by atoms with Crippen LogP contribution in [0.5, 0.6) is 0 Å². The van der Waals surface area contributed by atoms with E-state index in [1.807, 2.05) is 41.5 Å². The Morgan fingerprint density at radius 2 is 1.04 bits per heavy atom. The maximum absolute atomic E-state index is 11.6. The fourth-order valence-corrected chi connectivity index (χ4v) is 1.60. The molecule has 138 valence electrons. The van der Waals surface area contributed by atoms with E-state index < -0.39 is 0 Å². The Hall–Kier alpha value is -1.72. The summed E-state index contributed by atoms with van der Waals surface area (Å²) in [5.74, 6) is 0.577. The van der Waals surface area contributed by atoms with Gasteiger partial charge in [-0.25, -0.2) is 10.9 Å². The maximum atomic E-state index is 11.6. The van der Waals surface area contributed by atoms with Crippen LogP contribution in [-0.2, 0) is 9.59 Å². The molecule has 0 atom stereocenters. The Bertz CT molecular complexity index is 412. The van der Waals surface area contributed by atoms with Crippen LogP contribution in [0.3, 0.4) is 0 Å². The Morgan fingerprint density at radius 1 is 0.708 bits per heavy atom. The van der Waals surface area contributed by atoms with Crippen molar-refractivity contribution in [1.82, 2.24) is 10.9 Å². The van der Waals surface area contributed by atoms with Crippen molar-refractivity contribution in [2.45, 2.75) is 80.1 Å². The molecule has 0 saturated carbocycles. The lowest BCUT2D eigenvalue weighted by molar-refractivity contribution is -0.122. The van der Waals surface area contributed by atoms with Gasteiger partial charge in [0.1, 0.15) is 0 Å². The largest absolute Gasteiger partial charge is 0.273 e. The summed E-state index contributed by atoms with van der Waals surface area (Å²) in [6, 6.07) is 0. The predicted octanol–water partition coefficient (Wildman–Crippen LogP) is 3.62. The minimum atomic E-state index is -0.0498. The third-order valence-electron chi connectivity index (χ3n) is 3.94. The third-order valence-corrected chi connectivity index (χ3v) is 3.94. The SMILES string of the molecule is C/C(=N/NC(=O)CCCCCCC(=O)N/N=C(/C)C(C)C)C(C)C. The number of rotatable bonds is 11. The van der Waals surface area contributed by atoms with Gasteiger partial charge in [-0.1, -0.05) is 40.5 Å². The number of carbonyl (C=O) groups is 2. The van der Waals surface area contributed by atoms with Gasteiger partial charge in [-0.05, 0) is 38.5 Å². The van der Waals surface area contributed by atoms with E-state index in [4.69, 9.17) is 0 Å². The summed E-state index contributed by atoms with van der Waals surface area (Å²) < 4.78 is 0. The van der Waals surface area contributed by atoms with Crippen LogP contribution in [0.15, 0.2) is 10.2 Å². The second-order valence-electron chi connectivity index (χ2n) is 6.80. The van der Waals surface area contributed by atoms with Gasteiger partial charge in [0.05, 0.1) is 0 Å². The molecule has 0 heterocycles. The number of hydrogen-bond donors (Lipinski definition) is 2. The first-order valence-electron chi connectivity index (χ1n) is 8.90. The fraction of sp³-hybridized carbons (Fsp3) is 0.778. The zero-order chi connectivity index (χ0) is 18.5. The topological polar surface area (TPSA) is 82.9 Å². The quantitative estimate of drug-likeness (QED) is 0.342. The van der Waals surface area contributed by atoms with Crippen LogP contribution in [0.2, 0.25) is 0 Å². The minimum absolute atomic E-state index is 0.0498. The molecule has 2 amide bonds. The highest BCUT2D eigenvalue weighted by atomic mass is 16.2. The summed E-state index contributed by atoms with van der Waals surface area (Å²) in [6.07, 6.45) is 4.43. The molecule has 0 radical (unpaired) electrons. The molecule has 0 aliphatic heterocycles. The molecule has 0 aliphatic carbocycles. The summed E-state index contributed by atoms with van der Waals surface area (Å²) in [7, 11) is 0. The smallest absolute Gasteiger partial charge is 0.240 e. The number of nitrogens with zero attached hydrogens (tertiary/aromatic N) is 2. The lowest BCUT2D eigenvalue weighted by atomic mass is 10.1. The highest BCUT2D eigenvalue weighted by Gasteiger charge is 2.04. The maximum Gasteiger partial charge on any atom is 0.240 e. The first-order chi connectivity index (χ1) is 11.2. The number of amides is 2. The van der Waals surface area contributed by atoms with Crippen molar-refractivity contribution in [2.24, 2.45) is 22.0 Å². The van der Waals surface area contributed by atoms with Crippen molar-refractivity contribution < 1.29 is 9.59 Å². The molecule has 0 spiro atoms. The van der Waals surface area contributed by atoms with E-state index >= 15 is 0 Å². The van der Waals surface area contributed by atoms with Gasteiger partial charge in [0.25, 0.3) is 0 Å². The van der Waals surface area contributed by atoms with Gasteiger partial charge in [-0.3, -0.25) is 9.59 Å². The van der Waals surface area contributed by atoms with E-state index in [-0.39, 0.29) is 11.8 Å². The van der Waals surface area contributed by atoms with Crippen LogP contribution >= 0.6 is 0 Å². The van der Waals surface area contributed by atoms with Gasteiger partial charge in [0.15, 0.2) is 0 Å². The molecule has 0 bridgehead atoms. The van der Waals surface area contributed by atoms with E-state index in [0.29, 0.717) is 24.7 Å². The van der Waals surface area contributed by atoms with Crippen LogP contribution in [-0.4, -0.2) is 23.2 Å². The van der Waals surface area contributed by atoms with Gasteiger partial charge < -0.3 is 0 Å². The van der Waals surface area contributed by atoms with Gasteiger partial charge in [0.2, 0.25) is 11.8 Å². The first kappa shape index (κ1) is 22.3. The lowest BCUT2D eigenvalue weighted by Crippen LogP contribution is -2.20. The van der Waals surface area contributed by atoms with Crippen molar-refractivity contribution in [1.29, 1.82) is 0 Å². The van der Waals surface area contributed by atoms with Gasteiger partial charge in [-0.15, -0.1) is 0 Å². The summed E-state index contributed by atoms with van der Waals surface area (Å²) >= 11 is 0. The van der Waals surface area contributed by atoms with Gasteiger partial charge >= 0.3 is 0 Å². The van der Waals surface area contributed by atoms with Crippen molar-refractivity contribution >= 4 is 23.2 Å². The molecular formula is C18H34N4O2. The number of unbranched alkanes of at least 4 members (excludes halogenated alkanes) is 3. The highest BCUT2D eigenvalue weighted by molar-refractivity contribution is 5.86. The van der Waals surface area contributed by atoms with Crippen molar-refractivity contribution in [3.8, 4) is 0 Å². The number of hydrazone groups is 2.